The van der Waals surface area contributed by atoms with Gasteiger partial charge in [0.15, 0.2) is 0 Å². The van der Waals surface area contributed by atoms with E-state index in [2.05, 4.69) is 39.7 Å². The first-order valence-corrected chi connectivity index (χ1v) is 8.67. The summed E-state index contributed by atoms with van der Waals surface area (Å²) in [5, 5.41) is 7.09. The van der Waals surface area contributed by atoms with E-state index in [1.165, 1.54) is 11.1 Å². The molecule has 6 heteroatoms. The summed E-state index contributed by atoms with van der Waals surface area (Å²) in [6.45, 7) is 4.70. The van der Waals surface area contributed by atoms with Crippen LogP contribution in [0.1, 0.15) is 16.8 Å². The summed E-state index contributed by atoms with van der Waals surface area (Å²) in [7, 11) is 1.59. The van der Waals surface area contributed by atoms with Crippen molar-refractivity contribution >= 4 is 29.1 Å². The van der Waals surface area contributed by atoms with E-state index in [-0.39, 0.29) is 0 Å². The Balaban J connectivity index is 1.75. The zero-order valence-electron chi connectivity index (χ0n) is 15.0. The molecule has 2 aromatic carbocycles. The zero-order chi connectivity index (χ0) is 18.5. The number of nitrogens with one attached hydrogen (secondary N) is 2. The van der Waals surface area contributed by atoms with E-state index < -0.39 is 0 Å². The average Bonchev–Trinajstić information content (AvgIpc) is 2.61. The molecule has 0 saturated carbocycles. The normalized spacial score (nSPS) is 10.5. The number of benzene rings is 2. The Kier molecular flexibility index (Phi) is 5.58. The van der Waals surface area contributed by atoms with E-state index >= 15 is 0 Å². The van der Waals surface area contributed by atoms with Crippen LogP contribution in [0.2, 0.25) is 5.02 Å². The molecule has 0 saturated heterocycles. The lowest BCUT2D eigenvalue weighted by molar-refractivity contribution is 0.415. The maximum Gasteiger partial charge on any atom is 0.225 e. The summed E-state index contributed by atoms with van der Waals surface area (Å²) in [5.41, 5.74) is 4.15. The predicted molar refractivity (Wildman–Crippen MR) is 107 cm³/mol. The molecule has 26 heavy (non-hydrogen) atoms. The van der Waals surface area contributed by atoms with Crippen LogP contribution in [0, 0.1) is 13.8 Å². The van der Waals surface area contributed by atoms with Gasteiger partial charge in [0.25, 0.3) is 0 Å². The SMILES string of the molecule is COc1ccc(Nc2cc(C)nc(NCc3ccccc3C)n2)cc1Cl. The van der Waals surface area contributed by atoms with Crippen molar-refractivity contribution in [1.82, 2.24) is 9.97 Å². The van der Waals surface area contributed by atoms with Crippen LogP contribution in [0.25, 0.3) is 0 Å². The van der Waals surface area contributed by atoms with Gasteiger partial charge >= 0.3 is 0 Å². The van der Waals surface area contributed by atoms with Gasteiger partial charge in [-0.15, -0.1) is 0 Å². The van der Waals surface area contributed by atoms with E-state index in [4.69, 9.17) is 16.3 Å². The van der Waals surface area contributed by atoms with Gasteiger partial charge in [-0.1, -0.05) is 35.9 Å². The van der Waals surface area contributed by atoms with Gasteiger partial charge in [-0.2, -0.15) is 4.98 Å². The van der Waals surface area contributed by atoms with Crippen LogP contribution in [-0.4, -0.2) is 17.1 Å². The molecule has 1 heterocycles. The molecule has 3 rings (SSSR count). The molecule has 1 aromatic heterocycles. The third-order valence-electron chi connectivity index (χ3n) is 3.98. The first-order valence-electron chi connectivity index (χ1n) is 8.30. The number of rotatable bonds is 6. The molecule has 0 aliphatic carbocycles. The van der Waals surface area contributed by atoms with Crippen molar-refractivity contribution in [3.8, 4) is 5.75 Å². The Morgan fingerprint density at radius 3 is 2.58 bits per heavy atom. The van der Waals surface area contributed by atoms with E-state index in [9.17, 15) is 0 Å². The summed E-state index contributed by atoms with van der Waals surface area (Å²) >= 11 is 6.18. The van der Waals surface area contributed by atoms with Gasteiger partial charge in [-0.25, -0.2) is 4.98 Å². The molecular formula is C20H21ClN4O. The van der Waals surface area contributed by atoms with Gasteiger partial charge in [0.2, 0.25) is 5.95 Å². The number of hydrogen-bond donors (Lipinski definition) is 2. The minimum atomic E-state index is 0.543. The highest BCUT2D eigenvalue weighted by molar-refractivity contribution is 6.32. The van der Waals surface area contributed by atoms with Crippen molar-refractivity contribution in [3.63, 3.8) is 0 Å². The monoisotopic (exact) mass is 368 g/mol. The molecule has 0 aliphatic heterocycles. The van der Waals surface area contributed by atoms with Gasteiger partial charge < -0.3 is 15.4 Å². The first-order chi connectivity index (χ1) is 12.5. The smallest absolute Gasteiger partial charge is 0.225 e. The molecule has 2 N–H and O–H groups in total. The summed E-state index contributed by atoms with van der Waals surface area (Å²) < 4.78 is 5.18. The molecule has 0 atom stereocenters. The van der Waals surface area contributed by atoms with Crippen molar-refractivity contribution in [2.45, 2.75) is 20.4 Å². The van der Waals surface area contributed by atoms with Gasteiger partial charge in [0.05, 0.1) is 12.1 Å². The summed E-state index contributed by atoms with van der Waals surface area (Å²) in [5.74, 6) is 1.91. The second-order valence-electron chi connectivity index (χ2n) is 5.97. The summed E-state index contributed by atoms with van der Waals surface area (Å²) in [4.78, 5) is 9.00. The second kappa shape index (κ2) is 8.06. The van der Waals surface area contributed by atoms with Gasteiger partial charge in [0, 0.05) is 24.0 Å². The summed E-state index contributed by atoms with van der Waals surface area (Å²) in [6, 6.07) is 15.6. The van der Waals surface area contributed by atoms with Crippen molar-refractivity contribution in [1.29, 1.82) is 0 Å². The molecule has 0 unspecified atom stereocenters. The number of halogens is 1. The van der Waals surface area contributed by atoms with Crippen molar-refractivity contribution in [2.75, 3.05) is 17.7 Å². The number of aromatic nitrogens is 2. The lowest BCUT2D eigenvalue weighted by Crippen LogP contribution is -2.07. The fourth-order valence-electron chi connectivity index (χ4n) is 2.59. The molecule has 134 valence electrons. The highest BCUT2D eigenvalue weighted by Crippen LogP contribution is 2.28. The second-order valence-corrected chi connectivity index (χ2v) is 6.38. The lowest BCUT2D eigenvalue weighted by atomic mass is 10.1. The van der Waals surface area contributed by atoms with Crippen LogP contribution in [0.5, 0.6) is 5.75 Å². The number of nitrogens with zero attached hydrogens (tertiary/aromatic N) is 2. The molecule has 0 bridgehead atoms. The fraction of sp³-hybridized carbons (Fsp3) is 0.200. The number of hydrogen-bond acceptors (Lipinski definition) is 5. The summed E-state index contributed by atoms with van der Waals surface area (Å²) in [6.07, 6.45) is 0. The molecule has 5 nitrogen and oxygen atoms in total. The first kappa shape index (κ1) is 18.0. The van der Waals surface area contributed by atoms with Crippen LogP contribution >= 0.6 is 11.6 Å². The molecule has 0 radical (unpaired) electrons. The van der Waals surface area contributed by atoms with E-state index in [1.54, 1.807) is 13.2 Å². The number of anilines is 3. The Bertz CT molecular complexity index is 914. The molecular weight excluding hydrogens is 348 g/mol. The highest BCUT2D eigenvalue weighted by Gasteiger charge is 2.06. The molecule has 0 spiro atoms. The average molecular weight is 369 g/mol. The van der Waals surface area contributed by atoms with Crippen LogP contribution in [0.3, 0.4) is 0 Å². The van der Waals surface area contributed by atoms with Crippen LogP contribution < -0.4 is 15.4 Å². The number of methoxy groups -OCH3 is 1. The number of aryl methyl sites for hydroxylation is 2. The zero-order valence-corrected chi connectivity index (χ0v) is 15.8. The number of ether oxygens (including phenoxy) is 1. The van der Waals surface area contributed by atoms with E-state index in [0.29, 0.717) is 29.1 Å². The quantitative estimate of drug-likeness (QED) is 0.633. The lowest BCUT2D eigenvalue weighted by Gasteiger charge is -2.12. The van der Waals surface area contributed by atoms with Crippen LogP contribution in [-0.2, 0) is 6.54 Å². The molecule has 3 aromatic rings. The minimum Gasteiger partial charge on any atom is -0.495 e. The molecule has 0 aliphatic rings. The van der Waals surface area contributed by atoms with Crippen LogP contribution in [0.4, 0.5) is 17.5 Å². The Labute approximate surface area is 158 Å². The predicted octanol–water partition coefficient (Wildman–Crippen LogP) is 5.11. The highest BCUT2D eigenvalue weighted by atomic mass is 35.5. The maximum absolute atomic E-state index is 6.18. The maximum atomic E-state index is 6.18. The van der Waals surface area contributed by atoms with Crippen LogP contribution in [0.15, 0.2) is 48.5 Å². The fourth-order valence-corrected chi connectivity index (χ4v) is 2.84. The third-order valence-corrected chi connectivity index (χ3v) is 4.27. The third kappa shape index (κ3) is 4.43. The minimum absolute atomic E-state index is 0.543. The van der Waals surface area contributed by atoms with Crippen molar-refractivity contribution in [3.05, 3.63) is 70.4 Å². The van der Waals surface area contributed by atoms with Gasteiger partial charge in [-0.3, -0.25) is 0 Å². The van der Waals surface area contributed by atoms with Gasteiger partial charge in [0.1, 0.15) is 11.6 Å². The van der Waals surface area contributed by atoms with E-state index in [0.717, 1.165) is 11.4 Å². The molecule has 0 amide bonds. The Hall–Kier alpha value is -2.79. The van der Waals surface area contributed by atoms with Gasteiger partial charge in [-0.05, 0) is 43.2 Å². The standard InChI is InChI=1S/C20H21ClN4O/c1-13-6-4-5-7-15(13)12-22-20-23-14(2)10-19(25-20)24-16-8-9-18(26-3)17(21)11-16/h4-11H,12H2,1-3H3,(H2,22,23,24,25). The van der Waals surface area contributed by atoms with Crippen molar-refractivity contribution in [2.24, 2.45) is 0 Å². The van der Waals surface area contributed by atoms with E-state index in [1.807, 2.05) is 37.3 Å². The molecule has 0 fully saturated rings. The Morgan fingerprint density at radius 1 is 1.04 bits per heavy atom. The Morgan fingerprint density at radius 2 is 1.85 bits per heavy atom. The topological polar surface area (TPSA) is 59.1 Å². The largest absolute Gasteiger partial charge is 0.495 e. The van der Waals surface area contributed by atoms with Crippen molar-refractivity contribution < 1.29 is 4.74 Å².